The molecule has 0 bridgehead atoms. The summed E-state index contributed by atoms with van der Waals surface area (Å²) in [6.07, 6.45) is 0.584. The van der Waals surface area contributed by atoms with E-state index in [4.69, 9.17) is 4.74 Å². The second-order valence-electron chi connectivity index (χ2n) is 5.90. The Morgan fingerprint density at radius 1 is 1.04 bits per heavy atom. The first-order valence-electron chi connectivity index (χ1n) is 8.47. The molecule has 2 heterocycles. The Morgan fingerprint density at radius 2 is 1.77 bits per heavy atom. The lowest BCUT2D eigenvalue weighted by Gasteiger charge is -2.13. The van der Waals surface area contributed by atoms with Crippen LogP contribution in [0.4, 0.5) is 0 Å². The molecule has 1 fully saturated rings. The summed E-state index contributed by atoms with van der Waals surface area (Å²) in [6.45, 7) is 1.25. The molecule has 1 aromatic heterocycles. The van der Waals surface area contributed by atoms with Gasteiger partial charge < -0.3 is 10.1 Å². The lowest BCUT2D eigenvalue weighted by molar-refractivity contribution is -0.139. The van der Waals surface area contributed by atoms with E-state index in [-0.39, 0.29) is 30.9 Å². The number of carbonyl (C=O) groups is 3. The Bertz CT molecular complexity index is 755. The third kappa shape index (κ3) is 4.56. The number of amides is 3. The van der Waals surface area contributed by atoms with Gasteiger partial charge in [0.1, 0.15) is 0 Å². The summed E-state index contributed by atoms with van der Waals surface area (Å²) >= 11 is 1.64. The molecule has 1 aliphatic heterocycles. The monoisotopic (exact) mass is 372 g/mol. The molecular formula is C19H20N2O4S. The highest BCUT2D eigenvalue weighted by Crippen LogP contribution is 2.22. The van der Waals surface area contributed by atoms with Crippen LogP contribution in [-0.4, -0.2) is 48.9 Å². The smallest absolute Gasteiger partial charge is 0.251 e. The molecule has 0 aliphatic carbocycles. The zero-order valence-corrected chi connectivity index (χ0v) is 15.1. The number of hydrogen-bond acceptors (Lipinski definition) is 5. The van der Waals surface area contributed by atoms with Crippen molar-refractivity contribution in [2.45, 2.75) is 12.8 Å². The largest absolute Gasteiger partial charge is 0.378 e. The fraction of sp³-hybridized carbons (Fsp3) is 0.316. The van der Waals surface area contributed by atoms with Gasteiger partial charge in [0.05, 0.1) is 19.8 Å². The average Bonchev–Trinajstić information content (AvgIpc) is 3.29. The van der Waals surface area contributed by atoms with E-state index in [1.165, 1.54) is 4.90 Å². The number of ether oxygens (including phenoxy) is 1. The molecular weight excluding hydrogens is 352 g/mol. The van der Waals surface area contributed by atoms with Crippen molar-refractivity contribution >= 4 is 29.1 Å². The standard InChI is InChI=1S/C19H20N2O4S/c22-17-5-6-18(23)21(17)9-11-25-10-8-20-19(24)15-3-1-14(2-4-15)16-7-12-26-13-16/h1-4,7,12-13H,5-6,8-11H2,(H,20,24). The van der Waals surface area contributed by atoms with Crippen molar-refractivity contribution in [1.82, 2.24) is 10.2 Å². The van der Waals surface area contributed by atoms with E-state index >= 15 is 0 Å². The SMILES string of the molecule is O=C(NCCOCCN1C(=O)CCC1=O)c1ccc(-c2ccsc2)cc1. The Labute approximate surface area is 155 Å². The van der Waals surface area contributed by atoms with Crippen molar-refractivity contribution in [3.63, 3.8) is 0 Å². The van der Waals surface area contributed by atoms with Crippen molar-refractivity contribution in [2.75, 3.05) is 26.3 Å². The minimum absolute atomic E-state index is 0.141. The highest BCUT2D eigenvalue weighted by molar-refractivity contribution is 7.08. The van der Waals surface area contributed by atoms with E-state index in [1.807, 2.05) is 23.6 Å². The predicted octanol–water partition coefficient (Wildman–Crippen LogP) is 2.31. The molecule has 1 N–H and O–H groups in total. The van der Waals surface area contributed by atoms with Crippen molar-refractivity contribution in [1.29, 1.82) is 0 Å². The minimum Gasteiger partial charge on any atom is -0.378 e. The third-order valence-corrected chi connectivity index (χ3v) is 4.83. The molecule has 7 heteroatoms. The first-order chi connectivity index (χ1) is 12.6. The molecule has 0 saturated carbocycles. The lowest BCUT2D eigenvalue weighted by Crippen LogP contribution is -2.33. The average molecular weight is 372 g/mol. The molecule has 6 nitrogen and oxygen atoms in total. The molecule has 3 amide bonds. The van der Waals surface area contributed by atoms with Crippen LogP contribution in [0, 0.1) is 0 Å². The van der Waals surface area contributed by atoms with Gasteiger partial charge in [0.15, 0.2) is 0 Å². The summed E-state index contributed by atoms with van der Waals surface area (Å²) in [5, 5.41) is 6.87. The highest BCUT2D eigenvalue weighted by Gasteiger charge is 2.28. The van der Waals surface area contributed by atoms with Crippen LogP contribution in [0.2, 0.25) is 0 Å². The van der Waals surface area contributed by atoms with Gasteiger partial charge in [0, 0.05) is 24.9 Å². The van der Waals surface area contributed by atoms with E-state index in [0.717, 1.165) is 11.1 Å². The summed E-state index contributed by atoms with van der Waals surface area (Å²) < 4.78 is 5.39. The molecule has 1 saturated heterocycles. The summed E-state index contributed by atoms with van der Waals surface area (Å²) in [7, 11) is 0. The molecule has 2 aromatic rings. The summed E-state index contributed by atoms with van der Waals surface area (Å²) in [6, 6.07) is 9.50. The second kappa shape index (κ2) is 8.73. The summed E-state index contributed by atoms with van der Waals surface area (Å²) in [4.78, 5) is 36.2. The number of benzene rings is 1. The maximum Gasteiger partial charge on any atom is 0.251 e. The van der Waals surface area contributed by atoms with Crippen LogP contribution in [-0.2, 0) is 14.3 Å². The van der Waals surface area contributed by atoms with Crippen LogP contribution in [0.5, 0.6) is 0 Å². The number of nitrogens with one attached hydrogen (secondary N) is 1. The Morgan fingerprint density at radius 3 is 2.42 bits per heavy atom. The highest BCUT2D eigenvalue weighted by atomic mass is 32.1. The Hall–Kier alpha value is -2.51. The van der Waals surface area contributed by atoms with Gasteiger partial charge in [0.2, 0.25) is 11.8 Å². The molecule has 26 heavy (non-hydrogen) atoms. The fourth-order valence-electron chi connectivity index (χ4n) is 2.71. The zero-order valence-electron chi connectivity index (χ0n) is 14.3. The van der Waals surface area contributed by atoms with Gasteiger partial charge in [-0.1, -0.05) is 12.1 Å². The number of carbonyl (C=O) groups excluding carboxylic acids is 3. The van der Waals surface area contributed by atoms with Crippen LogP contribution in [0.1, 0.15) is 23.2 Å². The number of rotatable bonds is 8. The molecule has 0 atom stereocenters. The second-order valence-corrected chi connectivity index (χ2v) is 6.68. The van der Waals surface area contributed by atoms with E-state index in [1.54, 1.807) is 23.5 Å². The lowest BCUT2D eigenvalue weighted by atomic mass is 10.1. The van der Waals surface area contributed by atoms with Crippen LogP contribution >= 0.6 is 11.3 Å². The van der Waals surface area contributed by atoms with Gasteiger partial charge >= 0.3 is 0 Å². The number of likely N-dealkylation sites (tertiary alicyclic amines) is 1. The number of imide groups is 1. The van der Waals surface area contributed by atoms with Crippen molar-refractivity contribution in [3.8, 4) is 11.1 Å². The number of thiophene rings is 1. The van der Waals surface area contributed by atoms with Crippen molar-refractivity contribution in [2.24, 2.45) is 0 Å². The topological polar surface area (TPSA) is 75.7 Å². The summed E-state index contributed by atoms with van der Waals surface area (Å²) in [5.74, 6) is -0.439. The first-order valence-corrected chi connectivity index (χ1v) is 9.41. The molecule has 0 radical (unpaired) electrons. The molecule has 136 valence electrons. The quantitative estimate of drug-likeness (QED) is 0.570. The molecule has 3 rings (SSSR count). The van der Waals surface area contributed by atoms with E-state index in [9.17, 15) is 14.4 Å². The van der Waals surface area contributed by atoms with Gasteiger partial charge in [-0.25, -0.2) is 0 Å². The van der Waals surface area contributed by atoms with Gasteiger partial charge in [-0.3, -0.25) is 19.3 Å². The van der Waals surface area contributed by atoms with E-state index in [2.05, 4.69) is 10.7 Å². The van der Waals surface area contributed by atoms with Crippen LogP contribution in [0.25, 0.3) is 11.1 Å². The van der Waals surface area contributed by atoms with E-state index < -0.39 is 0 Å². The van der Waals surface area contributed by atoms with Gasteiger partial charge in [-0.05, 0) is 40.1 Å². The maximum atomic E-state index is 12.1. The molecule has 0 spiro atoms. The minimum atomic E-state index is -0.157. The number of hydrogen-bond donors (Lipinski definition) is 1. The van der Waals surface area contributed by atoms with Gasteiger partial charge in [-0.15, -0.1) is 0 Å². The van der Waals surface area contributed by atoms with Crippen molar-refractivity contribution in [3.05, 3.63) is 46.7 Å². The normalized spacial score (nSPS) is 14.1. The Balaban J connectivity index is 1.35. The van der Waals surface area contributed by atoms with Gasteiger partial charge in [0.25, 0.3) is 5.91 Å². The molecule has 1 aliphatic rings. The first kappa shape index (κ1) is 18.3. The maximum absolute atomic E-state index is 12.1. The van der Waals surface area contributed by atoms with Crippen LogP contribution in [0.3, 0.4) is 0 Å². The zero-order chi connectivity index (χ0) is 18.4. The molecule has 0 unspecified atom stereocenters. The Kier molecular flexibility index (Phi) is 6.14. The third-order valence-electron chi connectivity index (χ3n) is 4.15. The van der Waals surface area contributed by atoms with Crippen LogP contribution < -0.4 is 5.32 Å². The fourth-order valence-corrected chi connectivity index (χ4v) is 3.38. The van der Waals surface area contributed by atoms with E-state index in [0.29, 0.717) is 31.6 Å². The van der Waals surface area contributed by atoms with Gasteiger partial charge in [-0.2, -0.15) is 11.3 Å². The predicted molar refractivity (Wildman–Crippen MR) is 98.9 cm³/mol. The number of nitrogens with zero attached hydrogens (tertiary/aromatic N) is 1. The molecule has 1 aromatic carbocycles. The summed E-state index contributed by atoms with van der Waals surface area (Å²) in [5.41, 5.74) is 2.82. The van der Waals surface area contributed by atoms with Crippen molar-refractivity contribution < 1.29 is 19.1 Å². The van der Waals surface area contributed by atoms with Crippen LogP contribution in [0.15, 0.2) is 41.1 Å².